The van der Waals surface area contributed by atoms with Crippen LogP contribution in [0.25, 0.3) is 32.2 Å². The third kappa shape index (κ3) is 3.62. The third-order valence-corrected chi connectivity index (χ3v) is 5.97. The van der Waals surface area contributed by atoms with Gasteiger partial charge in [-0.1, -0.05) is 22.9 Å². The fraction of sp³-hybridized carbons (Fsp3) is 0.105. The lowest BCUT2D eigenvalue weighted by Gasteiger charge is -2.14. The van der Waals surface area contributed by atoms with Gasteiger partial charge >= 0.3 is 0 Å². The molecule has 0 aliphatic carbocycles. The number of amides is 1. The van der Waals surface area contributed by atoms with Gasteiger partial charge in [-0.3, -0.25) is 4.79 Å². The number of methoxy groups -OCH3 is 1. The van der Waals surface area contributed by atoms with Crippen LogP contribution in [-0.2, 0) is 0 Å². The van der Waals surface area contributed by atoms with Crippen LogP contribution in [0.3, 0.4) is 0 Å². The standard InChI is InChI=1S/C19H12BrClFN5O2S/c1-7-3-9(8-4-13(21)24-6-12(8)29-2)14(17(23)28)15(25-7)19-26-11-5-10(22)16(20)27-18(11)30-19/h3-6H,1-2H3,(H2,23,28). The lowest BCUT2D eigenvalue weighted by Crippen LogP contribution is -2.15. The highest BCUT2D eigenvalue weighted by Crippen LogP contribution is 2.39. The molecule has 2 N–H and O–H groups in total. The van der Waals surface area contributed by atoms with E-state index in [0.717, 1.165) is 0 Å². The summed E-state index contributed by atoms with van der Waals surface area (Å²) in [4.78, 5) is 30.1. The Hall–Kier alpha value is -2.69. The predicted octanol–water partition coefficient (Wildman–Crippen LogP) is 4.79. The Morgan fingerprint density at radius 2 is 2.00 bits per heavy atom. The molecule has 0 atom stereocenters. The molecular weight excluding hydrogens is 497 g/mol. The van der Waals surface area contributed by atoms with E-state index in [1.807, 2.05) is 0 Å². The summed E-state index contributed by atoms with van der Waals surface area (Å²) in [5.41, 5.74) is 8.12. The van der Waals surface area contributed by atoms with Crippen LogP contribution < -0.4 is 10.5 Å². The number of carbonyl (C=O) groups is 1. The van der Waals surface area contributed by atoms with Crippen LogP contribution in [0.1, 0.15) is 16.1 Å². The normalized spacial score (nSPS) is 11.1. The van der Waals surface area contributed by atoms with E-state index in [1.165, 1.54) is 30.7 Å². The molecule has 0 unspecified atom stereocenters. The van der Waals surface area contributed by atoms with Gasteiger partial charge in [0.05, 0.1) is 18.9 Å². The minimum absolute atomic E-state index is 0.0781. The number of pyridine rings is 3. The second-order valence-corrected chi connectivity index (χ2v) is 8.33. The molecule has 0 spiro atoms. The van der Waals surface area contributed by atoms with Crippen molar-refractivity contribution in [2.75, 3.05) is 7.11 Å². The number of ether oxygens (including phenoxy) is 1. The van der Waals surface area contributed by atoms with Gasteiger partial charge in [0.2, 0.25) is 0 Å². The van der Waals surface area contributed by atoms with E-state index in [1.54, 1.807) is 19.1 Å². The fourth-order valence-electron chi connectivity index (χ4n) is 3.00. The van der Waals surface area contributed by atoms with Gasteiger partial charge in [-0.05, 0) is 35.0 Å². The number of primary amides is 1. The SMILES string of the molecule is COc1cnc(Cl)cc1-c1cc(C)nc(-c2nc3cc(F)c(Br)nc3s2)c1C(N)=O. The highest BCUT2D eigenvalue weighted by Gasteiger charge is 2.24. The van der Waals surface area contributed by atoms with Crippen molar-refractivity contribution < 1.29 is 13.9 Å². The smallest absolute Gasteiger partial charge is 0.251 e. The van der Waals surface area contributed by atoms with E-state index in [4.69, 9.17) is 22.1 Å². The zero-order chi connectivity index (χ0) is 21.6. The molecule has 0 saturated heterocycles. The minimum atomic E-state index is -0.706. The van der Waals surface area contributed by atoms with E-state index in [-0.39, 0.29) is 21.0 Å². The molecule has 4 aromatic heterocycles. The minimum Gasteiger partial charge on any atom is -0.494 e. The number of nitrogens with zero attached hydrogens (tertiary/aromatic N) is 4. The summed E-state index contributed by atoms with van der Waals surface area (Å²) in [7, 11) is 1.49. The van der Waals surface area contributed by atoms with Gasteiger partial charge in [-0.15, -0.1) is 0 Å². The number of hydrogen-bond acceptors (Lipinski definition) is 7. The second-order valence-electron chi connectivity index (χ2n) is 6.21. The number of halogens is 3. The van der Waals surface area contributed by atoms with Crippen LogP contribution in [-0.4, -0.2) is 33.0 Å². The summed E-state index contributed by atoms with van der Waals surface area (Å²) >= 11 is 10.3. The summed E-state index contributed by atoms with van der Waals surface area (Å²) in [6, 6.07) is 4.55. The van der Waals surface area contributed by atoms with E-state index in [0.29, 0.717) is 37.9 Å². The van der Waals surface area contributed by atoms with Crippen molar-refractivity contribution >= 4 is 55.1 Å². The molecule has 152 valence electrons. The van der Waals surface area contributed by atoms with Crippen molar-refractivity contribution in [1.82, 2.24) is 19.9 Å². The van der Waals surface area contributed by atoms with Crippen molar-refractivity contribution in [3.8, 4) is 27.6 Å². The Bertz CT molecular complexity index is 1290. The number of nitrogens with two attached hydrogens (primary N) is 1. The number of hydrogen-bond donors (Lipinski definition) is 1. The molecule has 0 fully saturated rings. The largest absolute Gasteiger partial charge is 0.494 e. The molecule has 0 aromatic carbocycles. The molecule has 1 amide bonds. The summed E-state index contributed by atoms with van der Waals surface area (Å²) in [5.74, 6) is -0.832. The lowest BCUT2D eigenvalue weighted by atomic mass is 9.97. The van der Waals surface area contributed by atoms with Gasteiger partial charge in [-0.25, -0.2) is 24.3 Å². The molecule has 0 aliphatic heterocycles. The summed E-state index contributed by atoms with van der Waals surface area (Å²) < 4.78 is 19.3. The van der Waals surface area contributed by atoms with Crippen molar-refractivity contribution in [3.05, 3.63) is 51.2 Å². The van der Waals surface area contributed by atoms with Crippen LogP contribution in [0.2, 0.25) is 5.15 Å². The zero-order valence-electron chi connectivity index (χ0n) is 15.5. The van der Waals surface area contributed by atoms with Crippen LogP contribution >= 0.6 is 38.9 Å². The number of rotatable bonds is 4. The average Bonchev–Trinajstić information content (AvgIpc) is 3.10. The number of fused-ring (bicyclic) bond motifs is 1. The molecule has 0 bridgehead atoms. The molecule has 0 aliphatic rings. The summed E-state index contributed by atoms with van der Waals surface area (Å²) in [5, 5.41) is 0.606. The van der Waals surface area contributed by atoms with Crippen LogP contribution in [0.15, 0.2) is 29.0 Å². The van der Waals surface area contributed by atoms with Crippen LogP contribution in [0.5, 0.6) is 5.75 Å². The molecule has 0 radical (unpaired) electrons. The number of aromatic nitrogens is 4. The first-order valence-corrected chi connectivity index (χ1v) is 10.4. The molecule has 4 aromatic rings. The monoisotopic (exact) mass is 507 g/mol. The van der Waals surface area contributed by atoms with Crippen molar-refractivity contribution in [2.45, 2.75) is 6.92 Å². The highest BCUT2D eigenvalue weighted by atomic mass is 79.9. The molecule has 4 rings (SSSR count). The molecular formula is C19H12BrClFN5O2S. The highest BCUT2D eigenvalue weighted by molar-refractivity contribution is 9.10. The molecule has 7 nitrogen and oxygen atoms in total. The van der Waals surface area contributed by atoms with Crippen molar-refractivity contribution in [3.63, 3.8) is 0 Å². The fourth-order valence-corrected chi connectivity index (χ4v) is 4.49. The Morgan fingerprint density at radius 1 is 1.23 bits per heavy atom. The number of thiazole rings is 1. The quantitative estimate of drug-likeness (QED) is 0.398. The van der Waals surface area contributed by atoms with E-state index in [9.17, 15) is 9.18 Å². The molecule has 11 heteroatoms. The first kappa shape index (κ1) is 20.6. The van der Waals surface area contributed by atoms with Crippen LogP contribution in [0, 0.1) is 12.7 Å². The number of aryl methyl sites for hydroxylation is 1. The van der Waals surface area contributed by atoms with Crippen molar-refractivity contribution in [1.29, 1.82) is 0 Å². The van der Waals surface area contributed by atoms with Gasteiger partial charge in [0.15, 0.2) is 5.82 Å². The average molecular weight is 509 g/mol. The molecule has 4 heterocycles. The van der Waals surface area contributed by atoms with E-state index < -0.39 is 11.7 Å². The topological polar surface area (TPSA) is 104 Å². The van der Waals surface area contributed by atoms with E-state index >= 15 is 0 Å². The zero-order valence-corrected chi connectivity index (χ0v) is 18.7. The van der Waals surface area contributed by atoms with Crippen LogP contribution in [0.4, 0.5) is 4.39 Å². The number of carbonyl (C=O) groups excluding carboxylic acids is 1. The Kier molecular flexibility index (Phi) is 5.39. The Labute approximate surface area is 187 Å². The molecule has 0 saturated carbocycles. The lowest BCUT2D eigenvalue weighted by molar-refractivity contribution is 0.100. The predicted molar refractivity (Wildman–Crippen MR) is 116 cm³/mol. The second kappa shape index (κ2) is 7.86. The maximum atomic E-state index is 13.9. The maximum absolute atomic E-state index is 13.9. The summed E-state index contributed by atoms with van der Waals surface area (Å²) in [6.07, 6.45) is 1.46. The van der Waals surface area contributed by atoms with E-state index in [2.05, 4.69) is 35.9 Å². The summed E-state index contributed by atoms with van der Waals surface area (Å²) in [6.45, 7) is 1.77. The van der Waals surface area contributed by atoms with Gasteiger partial charge in [0.1, 0.15) is 36.6 Å². The van der Waals surface area contributed by atoms with Crippen molar-refractivity contribution in [2.24, 2.45) is 5.73 Å². The first-order valence-electron chi connectivity index (χ1n) is 8.42. The maximum Gasteiger partial charge on any atom is 0.251 e. The third-order valence-electron chi connectivity index (χ3n) is 4.24. The molecule has 30 heavy (non-hydrogen) atoms. The van der Waals surface area contributed by atoms with Gasteiger partial charge < -0.3 is 10.5 Å². The first-order chi connectivity index (χ1) is 14.3. The van der Waals surface area contributed by atoms with Gasteiger partial charge in [-0.2, -0.15) is 0 Å². The Morgan fingerprint density at radius 3 is 2.70 bits per heavy atom. The van der Waals surface area contributed by atoms with Gasteiger partial charge in [0.25, 0.3) is 5.91 Å². The van der Waals surface area contributed by atoms with Gasteiger partial charge in [0, 0.05) is 22.9 Å². The Balaban J connectivity index is 2.03.